The number of thiophene rings is 1. The highest BCUT2D eigenvalue weighted by Crippen LogP contribution is 2.31. The van der Waals surface area contributed by atoms with Gasteiger partial charge in [-0.25, -0.2) is 9.97 Å². The van der Waals surface area contributed by atoms with Gasteiger partial charge < -0.3 is 5.73 Å². The fourth-order valence-electron chi connectivity index (χ4n) is 2.33. The minimum Gasteiger partial charge on any atom is -0.383 e. The molecule has 0 aliphatic carbocycles. The van der Waals surface area contributed by atoms with E-state index in [4.69, 9.17) is 11.0 Å². The molecule has 1 atom stereocenters. The second kappa shape index (κ2) is 6.37. The zero-order valence-corrected chi connectivity index (χ0v) is 13.8. The molecule has 0 aromatic carbocycles. The molecule has 112 valence electrons. The third-order valence-corrected chi connectivity index (χ3v) is 4.77. The molecular weight excluding hydrogens is 282 g/mol. The first kappa shape index (κ1) is 15.7. The number of fused-ring (bicyclic) bond motifs is 1. The predicted octanol–water partition coefficient (Wildman–Crippen LogP) is 2.87. The summed E-state index contributed by atoms with van der Waals surface area (Å²) in [7, 11) is 0. The molecule has 0 spiro atoms. The fourth-order valence-corrected chi connectivity index (χ4v) is 3.39. The quantitative estimate of drug-likeness (QED) is 0.918. The van der Waals surface area contributed by atoms with Crippen LogP contribution in [-0.4, -0.2) is 28.0 Å². The van der Waals surface area contributed by atoms with Crippen molar-refractivity contribution in [1.82, 2.24) is 14.9 Å². The average molecular weight is 303 g/mol. The van der Waals surface area contributed by atoms with E-state index in [1.54, 1.807) is 11.3 Å². The van der Waals surface area contributed by atoms with Crippen molar-refractivity contribution >= 4 is 27.4 Å². The smallest absolute Gasteiger partial charge is 0.146 e. The Balaban J connectivity index is 2.28. The van der Waals surface area contributed by atoms with Crippen LogP contribution in [0.4, 0.5) is 5.82 Å². The van der Waals surface area contributed by atoms with Crippen molar-refractivity contribution in [1.29, 1.82) is 5.26 Å². The zero-order valence-electron chi connectivity index (χ0n) is 13.0. The fraction of sp³-hybridized carbons (Fsp3) is 0.533. The molecule has 2 rings (SSSR count). The van der Waals surface area contributed by atoms with Crippen LogP contribution in [0.5, 0.6) is 0 Å². The Morgan fingerprint density at radius 1 is 1.38 bits per heavy atom. The van der Waals surface area contributed by atoms with Gasteiger partial charge in [0, 0.05) is 11.4 Å². The summed E-state index contributed by atoms with van der Waals surface area (Å²) in [5.74, 6) is 1.28. The second-order valence-electron chi connectivity index (χ2n) is 5.35. The summed E-state index contributed by atoms with van der Waals surface area (Å²) in [4.78, 5) is 13.4. The summed E-state index contributed by atoms with van der Waals surface area (Å²) in [6.07, 6.45) is 0. The van der Waals surface area contributed by atoms with E-state index in [1.165, 1.54) is 10.4 Å². The summed E-state index contributed by atoms with van der Waals surface area (Å²) in [5.41, 5.74) is 7.27. The normalized spacial score (nSPS) is 12.8. The lowest BCUT2D eigenvalue weighted by Crippen LogP contribution is -2.28. The third kappa shape index (κ3) is 3.31. The van der Waals surface area contributed by atoms with E-state index in [0.29, 0.717) is 12.4 Å². The number of hydrogen-bond acceptors (Lipinski definition) is 6. The number of nitrogens with two attached hydrogens (primary N) is 1. The van der Waals surface area contributed by atoms with Crippen molar-refractivity contribution in [3.63, 3.8) is 0 Å². The first-order valence-corrected chi connectivity index (χ1v) is 7.92. The zero-order chi connectivity index (χ0) is 15.6. The van der Waals surface area contributed by atoms with Gasteiger partial charge in [-0.2, -0.15) is 5.26 Å². The highest BCUT2D eigenvalue weighted by atomic mass is 32.1. The third-order valence-electron chi connectivity index (χ3n) is 3.67. The van der Waals surface area contributed by atoms with Crippen LogP contribution in [-0.2, 0) is 6.54 Å². The predicted molar refractivity (Wildman–Crippen MR) is 87.0 cm³/mol. The van der Waals surface area contributed by atoms with Crippen LogP contribution in [0, 0.1) is 31.1 Å². The van der Waals surface area contributed by atoms with E-state index in [2.05, 4.69) is 41.7 Å². The van der Waals surface area contributed by atoms with Crippen molar-refractivity contribution in [2.45, 2.75) is 34.2 Å². The maximum atomic E-state index is 8.94. The van der Waals surface area contributed by atoms with Gasteiger partial charge in [-0.1, -0.05) is 6.92 Å². The van der Waals surface area contributed by atoms with Crippen molar-refractivity contribution in [2.24, 2.45) is 5.92 Å². The van der Waals surface area contributed by atoms with Crippen LogP contribution >= 0.6 is 11.3 Å². The van der Waals surface area contributed by atoms with Crippen molar-refractivity contribution in [2.75, 3.05) is 18.8 Å². The standard InChI is InChI=1S/C15H21N5S/c1-5-20(7-9(2)6-16)8-12-18-14(17)13-10(3)11(4)21-15(13)19-12/h9H,5,7-8H2,1-4H3,(H2,17,18,19). The van der Waals surface area contributed by atoms with Crippen LogP contribution in [0.1, 0.15) is 30.1 Å². The summed E-state index contributed by atoms with van der Waals surface area (Å²) in [6, 6.07) is 2.26. The number of aromatic nitrogens is 2. The largest absolute Gasteiger partial charge is 0.383 e. The van der Waals surface area contributed by atoms with Crippen LogP contribution < -0.4 is 5.73 Å². The number of nitriles is 1. The first-order chi connectivity index (χ1) is 9.96. The molecule has 1 unspecified atom stereocenters. The highest BCUT2D eigenvalue weighted by Gasteiger charge is 2.15. The molecule has 0 amide bonds. The molecule has 2 heterocycles. The lowest BCUT2D eigenvalue weighted by atomic mass is 10.2. The SMILES string of the molecule is CCN(Cc1nc(N)c2c(C)c(C)sc2n1)CC(C)C#N. The molecule has 6 heteroatoms. The number of hydrogen-bond donors (Lipinski definition) is 1. The van der Waals surface area contributed by atoms with Crippen molar-refractivity contribution < 1.29 is 0 Å². The van der Waals surface area contributed by atoms with E-state index in [9.17, 15) is 0 Å². The molecule has 0 radical (unpaired) electrons. The minimum atomic E-state index is -0.00254. The van der Waals surface area contributed by atoms with Crippen molar-refractivity contribution in [3.8, 4) is 6.07 Å². The number of rotatable bonds is 5. The van der Waals surface area contributed by atoms with E-state index in [-0.39, 0.29) is 5.92 Å². The number of aryl methyl sites for hydroxylation is 2. The van der Waals surface area contributed by atoms with E-state index in [1.807, 2.05) is 6.92 Å². The monoisotopic (exact) mass is 303 g/mol. The summed E-state index contributed by atoms with van der Waals surface area (Å²) < 4.78 is 0. The van der Waals surface area contributed by atoms with Crippen LogP contribution in [0.15, 0.2) is 0 Å². The molecular formula is C15H21N5S. The van der Waals surface area contributed by atoms with E-state index in [0.717, 1.165) is 29.1 Å². The van der Waals surface area contributed by atoms with Gasteiger partial charge in [-0.15, -0.1) is 11.3 Å². The molecule has 0 bridgehead atoms. The number of nitrogens with zero attached hydrogens (tertiary/aromatic N) is 4. The second-order valence-corrected chi connectivity index (χ2v) is 6.55. The molecule has 0 saturated carbocycles. The Morgan fingerprint density at radius 3 is 2.71 bits per heavy atom. The van der Waals surface area contributed by atoms with Crippen molar-refractivity contribution in [3.05, 3.63) is 16.3 Å². The summed E-state index contributed by atoms with van der Waals surface area (Å²) in [6.45, 7) is 10.3. The van der Waals surface area contributed by atoms with Gasteiger partial charge in [-0.3, -0.25) is 4.90 Å². The Kier molecular flexibility index (Phi) is 4.76. The molecule has 0 aliphatic rings. The van der Waals surface area contributed by atoms with E-state index < -0.39 is 0 Å². The number of anilines is 1. The van der Waals surface area contributed by atoms with Gasteiger partial charge >= 0.3 is 0 Å². The topological polar surface area (TPSA) is 78.8 Å². The van der Waals surface area contributed by atoms with Gasteiger partial charge in [0.25, 0.3) is 0 Å². The van der Waals surface area contributed by atoms with Gasteiger partial charge in [0.05, 0.1) is 23.9 Å². The molecule has 0 aliphatic heterocycles. The van der Waals surface area contributed by atoms with E-state index >= 15 is 0 Å². The maximum absolute atomic E-state index is 8.94. The summed E-state index contributed by atoms with van der Waals surface area (Å²) in [5, 5.41) is 9.92. The highest BCUT2D eigenvalue weighted by molar-refractivity contribution is 7.18. The molecule has 5 nitrogen and oxygen atoms in total. The molecule has 2 N–H and O–H groups in total. The Bertz CT molecular complexity index is 685. The number of nitrogen functional groups attached to an aromatic ring is 1. The Hall–Kier alpha value is -1.71. The maximum Gasteiger partial charge on any atom is 0.146 e. The van der Waals surface area contributed by atoms with Gasteiger partial charge in [0.1, 0.15) is 16.5 Å². The average Bonchev–Trinajstić information content (AvgIpc) is 2.73. The lowest BCUT2D eigenvalue weighted by molar-refractivity contribution is 0.254. The van der Waals surface area contributed by atoms with Crippen LogP contribution in [0.25, 0.3) is 10.2 Å². The van der Waals surface area contributed by atoms with Crippen LogP contribution in [0.2, 0.25) is 0 Å². The molecule has 21 heavy (non-hydrogen) atoms. The minimum absolute atomic E-state index is 0.00254. The molecule has 0 fully saturated rings. The first-order valence-electron chi connectivity index (χ1n) is 7.10. The molecule has 2 aromatic heterocycles. The van der Waals surface area contributed by atoms with Gasteiger partial charge in [0.15, 0.2) is 0 Å². The molecule has 2 aromatic rings. The summed E-state index contributed by atoms with van der Waals surface area (Å²) >= 11 is 1.66. The van der Waals surface area contributed by atoms with Crippen LogP contribution in [0.3, 0.4) is 0 Å². The Labute approximate surface area is 129 Å². The lowest BCUT2D eigenvalue weighted by Gasteiger charge is -2.20. The Morgan fingerprint density at radius 2 is 2.10 bits per heavy atom. The molecule has 0 saturated heterocycles. The van der Waals surface area contributed by atoms with Gasteiger partial charge in [0.2, 0.25) is 0 Å². The van der Waals surface area contributed by atoms with Gasteiger partial charge in [-0.05, 0) is 32.9 Å².